The number of hydrogen-bond acceptors (Lipinski definition) is 3. The highest BCUT2D eigenvalue weighted by Crippen LogP contribution is 2.28. The van der Waals surface area contributed by atoms with Gasteiger partial charge in [-0.15, -0.1) is 0 Å². The molecule has 0 saturated carbocycles. The van der Waals surface area contributed by atoms with E-state index in [1.165, 1.54) is 0 Å². The Hall–Kier alpha value is -2.18. The van der Waals surface area contributed by atoms with E-state index in [-0.39, 0.29) is 12.3 Å². The highest BCUT2D eigenvalue weighted by atomic mass is 35.5. The molecule has 2 N–H and O–H groups in total. The summed E-state index contributed by atoms with van der Waals surface area (Å²) in [6.07, 6.45) is -0.167. The van der Waals surface area contributed by atoms with Crippen LogP contribution in [0.3, 0.4) is 0 Å². The topological polar surface area (TPSA) is 75.3 Å². The first-order valence-corrected chi connectivity index (χ1v) is 8.49. The highest BCUT2D eigenvalue weighted by Gasteiger charge is 2.34. The Morgan fingerprint density at radius 3 is 2.78 bits per heavy atom. The van der Waals surface area contributed by atoms with Crippen LogP contribution < -0.4 is 10.6 Å². The summed E-state index contributed by atoms with van der Waals surface area (Å²) in [6.45, 7) is 0. The van der Waals surface area contributed by atoms with E-state index >= 15 is 0 Å². The minimum absolute atomic E-state index is 0.167. The van der Waals surface area contributed by atoms with Crippen LogP contribution in [0.25, 0.3) is 0 Å². The summed E-state index contributed by atoms with van der Waals surface area (Å²) >= 11 is 5.86. The zero-order valence-electron chi connectivity index (χ0n) is 11.9. The Labute approximate surface area is 140 Å². The molecule has 0 aromatic heterocycles. The minimum atomic E-state index is -1.56. The quantitative estimate of drug-likeness (QED) is 0.895. The van der Waals surface area contributed by atoms with Gasteiger partial charge >= 0.3 is 0 Å². The lowest BCUT2D eigenvalue weighted by Gasteiger charge is -2.23. The molecule has 0 fully saturated rings. The molecule has 0 radical (unpaired) electrons. The lowest BCUT2D eigenvalue weighted by molar-refractivity contribution is -0.120. The first-order valence-electron chi connectivity index (χ1n) is 6.90. The second-order valence-electron chi connectivity index (χ2n) is 5.03. The number of nitrogens with one attached hydrogen (secondary N) is 2. The van der Waals surface area contributed by atoms with Gasteiger partial charge in [0.15, 0.2) is 0 Å². The van der Waals surface area contributed by atoms with Crippen molar-refractivity contribution in [1.82, 2.24) is 0 Å². The molecule has 2 aromatic rings. The predicted octanol–water partition coefficient (Wildman–Crippen LogP) is 2.80. The predicted molar refractivity (Wildman–Crippen MR) is 90.0 cm³/mol. The van der Waals surface area contributed by atoms with Crippen molar-refractivity contribution in [2.24, 2.45) is 0 Å². The fourth-order valence-electron chi connectivity index (χ4n) is 2.32. The van der Waals surface area contributed by atoms with Gasteiger partial charge in [0.1, 0.15) is 5.25 Å². The number of halogens is 1. The van der Waals surface area contributed by atoms with Gasteiger partial charge in [-0.25, -0.2) is 0 Å². The van der Waals surface area contributed by atoms with Crippen LogP contribution >= 0.6 is 11.6 Å². The van der Waals surface area contributed by atoms with Gasteiger partial charge in [0.25, 0.3) is 0 Å². The Morgan fingerprint density at radius 1 is 1.22 bits per heavy atom. The Morgan fingerprint density at radius 2 is 2.00 bits per heavy atom. The fourth-order valence-corrected chi connectivity index (χ4v) is 3.93. The SMILES string of the molecule is O=C(C[C@@H]1C(=O)Nc2ccccc2[S@@]1=O)Nc1cccc(Cl)c1. The van der Waals surface area contributed by atoms with Crippen molar-refractivity contribution in [2.75, 3.05) is 10.6 Å². The summed E-state index contributed by atoms with van der Waals surface area (Å²) in [4.78, 5) is 24.8. The van der Waals surface area contributed by atoms with E-state index in [9.17, 15) is 13.8 Å². The van der Waals surface area contributed by atoms with Crippen LogP contribution in [-0.2, 0) is 20.4 Å². The summed E-state index contributed by atoms with van der Waals surface area (Å²) in [5.41, 5.74) is 1.06. The molecule has 5 nitrogen and oxygen atoms in total. The molecule has 0 unspecified atom stereocenters. The standard InChI is InChI=1S/C16H13ClN2O3S/c17-10-4-3-5-11(8-10)18-15(20)9-14-16(21)19-12-6-1-2-7-13(12)23(14)22/h1-8,14H,9H2,(H,18,20)(H,19,21)/t14-,23+/m1/s1. The Kier molecular flexibility index (Phi) is 4.45. The molecule has 2 amide bonds. The minimum Gasteiger partial charge on any atom is -0.326 e. The van der Waals surface area contributed by atoms with Crippen molar-refractivity contribution < 1.29 is 13.8 Å². The second-order valence-corrected chi connectivity index (χ2v) is 7.07. The molecular weight excluding hydrogens is 336 g/mol. The maximum atomic E-state index is 12.5. The number of fused-ring (bicyclic) bond motifs is 1. The number of carbonyl (C=O) groups is 2. The van der Waals surface area contributed by atoms with Crippen LogP contribution in [0.5, 0.6) is 0 Å². The van der Waals surface area contributed by atoms with E-state index in [1.54, 1.807) is 48.5 Å². The van der Waals surface area contributed by atoms with Gasteiger partial charge in [0.05, 0.1) is 27.8 Å². The van der Waals surface area contributed by atoms with Crippen LogP contribution in [0.15, 0.2) is 53.4 Å². The molecule has 0 bridgehead atoms. The zero-order chi connectivity index (χ0) is 16.4. The van der Waals surface area contributed by atoms with Crippen molar-refractivity contribution in [1.29, 1.82) is 0 Å². The monoisotopic (exact) mass is 348 g/mol. The molecule has 1 heterocycles. The van der Waals surface area contributed by atoms with Crippen LogP contribution in [0.4, 0.5) is 11.4 Å². The van der Waals surface area contributed by atoms with E-state index in [0.717, 1.165) is 0 Å². The lowest BCUT2D eigenvalue weighted by Crippen LogP contribution is -2.39. The van der Waals surface area contributed by atoms with Crippen LogP contribution in [0.2, 0.25) is 5.02 Å². The molecule has 1 aliphatic heterocycles. The van der Waals surface area contributed by atoms with Gasteiger partial charge in [-0.2, -0.15) is 0 Å². The number of carbonyl (C=O) groups excluding carboxylic acids is 2. The third-order valence-electron chi connectivity index (χ3n) is 3.39. The Balaban J connectivity index is 1.74. The first kappa shape index (κ1) is 15.7. The number of benzene rings is 2. The molecule has 2 atom stereocenters. The Bertz CT molecular complexity index is 809. The van der Waals surface area contributed by atoms with Gasteiger partial charge in [-0.05, 0) is 30.3 Å². The van der Waals surface area contributed by atoms with Crippen LogP contribution in [0.1, 0.15) is 6.42 Å². The third-order valence-corrected chi connectivity index (χ3v) is 5.31. The van der Waals surface area contributed by atoms with Gasteiger partial charge in [0, 0.05) is 10.7 Å². The van der Waals surface area contributed by atoms with E-state index < -0.39 is 22.0 Å². The normalized spacial score (nSPS) is 19.6. The van der Waals surface area contributed by atoms with Gasteiger partial charge in [0.2, 0.25) is 11.8 Å². The second kappa shape index (κ2) is 6.52. The third kappa shape index (κ3) is 3.43. The molecular formula is C16H13ClN2O3S. The van der Waals surface area contributed by atoms with Crippen LogP contribution in [-0.4, -0.2) is 21.3 Å². The summed E-state index contributed by atoms with van der Waals surface area (Å²) in [5, 5.41) is 4.93. The van der Waals surface area contributed by atoms with Gasteiger partial charge in [-0.3, -0.25) is 13.8 Å². The average molecular weight is 349 g/mol. The molecule has 3 rings (SSSR count). The average Bonchev–Trinajstić information content (AvgIpc) is 2.51. The molecule has 1 aliphatic rings. The summed E-state index contributed by atoms with van der Waals surface area (Å²) < 4.78 is 12.5. The molecule has 118 valence electrons. The smallest absolute Gasteiger partial charge is 0.241 e. The van der Waals surface area contributed by atoms with Crippen molar-refractivity contribution in [3.05, 3.63) is 53.6 Å². The number of para-hydroxylation sites is 1. The fraction of sp³-hybridized carbons (Fsp3) is 0.125. The van der Waals surface area contributed by atoms with Gasteiger partial charge in [-0.1, -0.05) is 29.8 Å². The van der Waals surface area contributed by atoms with E-state index in [4.69, 9.17) is 11.6 Å². The molecule has 2 aromatic carbocycles. The molecule has 0 aliphatic carbocycles. The van der Waals surface area contributed by atoms with E-state index in [0.29, 0.717) is 21.3 Å². The number of hydrogen-bond donors (Lipinski definition) is 2. The number of amides is 2. The molecule has 0 saturated heterocycles. The largest absolute Gasteiger partial charge is 0.326 e. The summed E-state index contributed by atoms with van der Waals surface area (Å²) in [7, 11) is -1.56. The molecule has 0 spiro atoms. The number of rotatable bonds is 3. The van der Waals surface area contributed by atoms with Crippen molar-refractivity contribution in [2.45, 2.75) is 16.6 Å². The zero-order valence-corrected chi connectivity index (χ0v) is 13.5. The van der Waals surface area contributed by atoms with Crippen LogP contribution in [0, 0.1) is 0 Å². The van der Waals surface area contributed by atoms with E-state index in [1.807, 2.05) is 0 Å². The maximum absolute atomic E-state index is 12.5. The summed E-state index contributed by atoms with van der Waals surface area (Å²) in [5.74, 6) is -0.802. The summed E-state index contributed by atoms with van der Waals surface area (Å²) in [6, 6.07) is 13.6. The van der Waals surface area contributed by atoms with Crippen molar-refractivity contribution in [3.63, 3.8) is 0 Å². The first-order chi connectivity index (χ1) is 11.0. The molecule has 23 heavy (non-hydrogen) atoms. The molecule has 7 heteroatoms. The number of anilines is 2. The highest BCUT2D eigenvalue weighted by molar-refractivity contribution is 7.86. The van der Waals surface area contributed by atoms with Crippen molar-refractivity contribution >= 4 is 45.6 Å². The maximum Gasteiger partial charge on any atom is 0.241 e. The van der Waals surface area contributed by atoms with Crippen molar-refractivity contribution in [3.8, 4) is 0 Å². The van der Waals surface area contributed by atoms with Gasteiger partial charge < -0.3 is 10.6 Å². The van der Waals surface area contributed by atoms with E-state index in [2.05, 4.69) is 10.6 Å². The lowest BCUT2D eigenvalue weighted by atomic mass is 10.2.